The summed E-state index contributed by atoms with van der Waals surface area (Å²) in [6.07, 6.45) is 3.32. The number of carbonyl (C=O) groups is 1. The molecule has 0 saturated carbocycles. The summed E-state index contributed by atoms with van der Waals surface area (Å²) < 4.78 is 0. The zero-order valence-corrected chi connectivity index (χ0v) is 13.5. The first-order valence-corrected chi connectivity index (χ1v) is 8.66. The van der Waals surface area contributed by atoms with Gasteiger partial charge in [-0.1, -0.05) is 11.8 Å². The average molecular weight is 334 g/mol. The van der Waals surface area contributed by atoms with Crippen molar-refractivity contribution in [3.8, 4) is 0 Å². The molecule has 1 saturated heterocycles. The molecule has 1 aromatic carbocycles. The van der Waals surface area contributed by atoms with E-state index in [1.165, 1.54) is 30.3 Å². The number of anilines is 1. The van der Waals surface area contributed by atoms with E-state index in [4.69, 9.17) is 0 Å². The van der Waals surface area contributed by atoms with Gasteiger partial charge in [0.1, 0.15) is 0 Å². The van der Waals surface area contributed by atoms with Crippen molar-refractivity contribution in [2.75, 3.05) is 30.3 Å². The van der Waals surface area contributed by atoms with Gasteiger partial charge in [-0.25, -0.2) is 0 Å². The lowest BCUT2D eigenvalue weighted by atomic mass is 10.1. The fourth-order valence-corrected chi connectivity index (χ4v) is 3.53. The minimum atomic E-state index is -0.474. The Kier molecular flexibility index (Phi) is 4.80. The largest absolute Gasteiger partial charge is 0.371 e. The lowest BCUT2D eigenvalue weighted by Crippen LogP contribution is -2.33. The number of aliphatic imine (C=N–C) groups is 1. The predicted octanol–water partition coefficient (Wildman–Crippen LogP) is 2.42. The number of nitrogens with one attached hydrogen (secondary N) is 1. The molecule has 3 rings (SSSR count). The predicted molar refractivity (Wildman–Crippen MR) is 91.4 cm³/mol. The van der Waals surface area contributed by atoms with Crippen LogP contribution < -0.4 is 10.2 Å². The number of thioether (sulfide) groups is 1. The molecular formula is C15H18N4O3S. The van der Waals surface area contributed by atoms with Crippen molar-refractivity contribution >= 4 is 34.2 Å². The molecule has 0 aliphatic carbocycles. The molecule has 0 aromatic heterocycles. The summed E-state index contributed by atoms with van der Waals surface area (Å²) >= 11 is 1.49. The summed E-state index contributed by atoms with van der Waals surface area (Å²) in [6.45, 7) is 2.43. The van der Waals surface area contributed by atoms with Crippen LogP contribution in [0.25, 0.3) is 0 Å². The van der Waals surface area contributed by atoms with Gasteiger partial charge in [0.05, 0.1) is 22.7 Å². The average Bonchev–Trinajstić information content (AvgIpc) is 3.08. The monoisotopic (exact) mass is 334 g/mol. The zero-order chi connectivity index (χ0) is 16.2. The van der Waals surface area contributed by atoms with Crippen molar-refractivity contribution in [2.24, 2.45) is 4.99 Å². The molecule has 1 fully saturated rings. The standard InChI is InChI=1S/C15H18N4O3S/c20-14(17-15-16-6-9-23-15)12-10-11(19(21)22)4-5-13(12)18-7-2-1-3-8-18/h4-5,10H,1-3,6-9H2,(H,16,17,20). The lowest BCUT2D eigenvalue weighted by molar-refractivity contribution is -0.384. The van der Waals surface area contributed by atoms with E-state index in [0.717, 1.165) is 37.4 Å². The third-order valence-electron chi connectivity index (χ3n) is 3.94. The second-order valence-corrected chi connectivity index (χ2v) is 6.58. The Morgan fingerprint density at radius 2 is 2.09 bits per heavy atom. The molecule has 2 heterocycles. The van der Waals surface area contributed by atoms with Crippen molar-refractivity contribution in [3.05, 3.63) is 33.9 Å². The Bertz CT molecular complexity index is 656. The van der Waals surface area contributed by atoms with Gasteiger partial charge in [-0.15, -0.1) is 0 Å². The summed E-state index contributed by atoms with van der Waals surface area (Å²) in [4.78, 5) is 29.5. The van der Waals surface area contributed by atoms with Crippen LogP contribution in [0.3, 0.4) is 0 Å². The van der Waals surface area contributed by atoms with Crippen LogP contribution in [0.5, 0.6) is 0 Å². The molecule has 8 heteroatoms. The van der Waals surface area contributed by atoms with Gasteiger partial charge in [0.15, 0.2) is 5.17 Å². The molecule has 2 aliphatic heterocycles. The van der Waals surface area contributed by atoms with Crippen molar-refractivity contribution in [1.82, 2.24) is 5.32 Å². The first-order valence-electron chi connectivity index (χ1n) is 7.67. The third kappa shape index (κ3) is 3.64. The van der Waals surface area contributed by atoms with Gasteiger partial charge in [-0.05, 0) is 25.3 Å². The van der Waals surface area contributed by atoms with Gasteiger partial charge in [0.2, 0.25) is 0 Å². The number of rotatable bonds is 3. The number of hydrogen-bond donors (Lipinski definition) is 1. The molecule has 2 aliphatic rings. The highest BCUT2D eigenvalue weighted by Gasteiger charge is 2.23. The van der Waals surface area contributed by atoms with E-state index < -0.39 is 4.92 Å². The second-order valence-electron chi connectivity index (χ2n) is 5.50. The van der Waals surface area contributed by atoms with Crippen molar-refractivity contribution in [3.63, 3.8) is 0 Å². The Hall–Kier alpha value is -2.09. The Labute approximate surface area is 138 Å². The van der Waals surface area contributed by atoms with Crippen LogP contribution in [-0.2, 0) is 0 Å². The highest BCUT2D eigenvalue weighted by Crippen LogP contribution is 2.28. The highest BCUT2D eigenvalue weighted by molar-refractivity contribution is 8.14. The number of nitrogens with zero attached hydrogens (tertiary/aromatic N) is 3. The number of non-ortho nitro benzene ring substituents is 1. The minimum absolute atomic E-state index is 0.0723. The van der Waals surface area contributed by atoms with Crippen LogP contribution in [0.15, 0.2) is 23.2 Å². The first-order chi connectivity index (χ1) is 11.1. The molecule has 7 nitrogen and oxygen atoms in total. The number of nitro groups is 1. The molecule has 23 heavy (non-hydrogen) atoms. The molecule has 0 bridgehead atoms. The Morgan fingerprint density at radius 3 is 2.74 bits per heavy atom. The molecular weight excluding hydrogens is 316 g/mol. The fourth-order valence-electron chi connectivity index (χ4n) is 2.81. The van der Waals surface area contributed by atoms with Gasteiger partial charge in [-0.3, -0.25) is 19.9 Å². The first kappa shape index (κ1) is 15.8. The van der Waals surface area contributed by atoms with E-state index in [1.54, 1.807) is 6.07 Å². The van der Waals surface area contributed by atoms with Crippen LogP contribution in [0.4, 0.5) is 11.4 Å². The maximum atomic E-state index is 12.6. The molecule has 0 radical (unpaired) electrons. The van der Waals surface area contributed by atoms with E-state index in [9.17, 15) is 14.9 Å². The summed E-state index contributed by atoms with van der Waals surface area (Å²) in [6, 6.07) is 4.50. The van der Waals surface area contributed by atoms with E-state index in [1.807, 2.05) is 0 Å². The second kappa shape index (κ2) is 6.99. The van der Waals surface area contributed by atoms with Crippen molar-refractivity contribution < 1.29 is 9.72 Å². The molecule has 1 aromatic rings. The number of nitro benzene ring substituents is 1. The SMILES string of the molecule is O=C(NC1=NCCS1)c1cc([N+](=O)[O-])ccc1N1CCCCC1. The molecule has 122 valence electrons. The fraction of sp³-hybridized carbons (Fsp3) is 0.467. The van der Waals surface area contributed by atoms with Gasteiger partial charge < -0.3 is 10.2 Å². The molecule has 0 atom stereocenters. The topological polar surface area (TPSA) is 87.8 Å². The quantitative estimate of drug-likeness (QED) is 0.677. The van der Waals surface area contributed by atoms with Crippen LogP contribution in [-0.4, -0.2) is 41.4 Å². The van der Waals surface area contributed by atoms with E-state index in [0.29, 0.717) is 17.3 Å². The van der Waals surface area contributed by atoms with Crippen molar-refractivity contribution in [2.45, 2.75) is 19.3 Å². The van der Waals surface area contributed by atoms with Gasteiger partial charge >= 0.3 is 0 Å². The van der Waals surface area contributed by atoms with Gasteiger partial charge in [-0.2, -0.15) is 0 Å². The Morgan fingerprint density at radius 1 is 1.30 bits per heavy atom. The molecule has 1 amide bonds. The van der Waals surface area contributed by atoms with Gasteiger partial charge in [0, 0.05) is 31.0 Å². The number of amidine groups is 1. The number of carbonyl (C=O) groups excluding carboxylic acids is 1. The van der Waals surface area contributed by atoms with Crippen LogP contribution in [0.1, 0.15) is 29.6 Å². The normalized spacial score (nSPS) is 17.7. The van der Waals surface area contributed by atoms with Crippen LogP contribution in [0.2, 0.25) is 0 Å². The van der Waals surface area contributed by atoms with E-state index in [2.05, 4.69) is 15.2 Å². The lowest BCUT2D eigenvalue weighted by Gasteiger charge is -2.30. The summed E-state index contributed by atoms with van der Waals surface area (Å²) in [5.41, 5.74) is 1.03. The Balaban J connectivity index is 1.91. The van der Waals surface area contributed by atoms with Crippen LogP contribution in [0, 0.1) is 10.1 Å². The molecule has 0 unspecified atom stereocenters. The summed E-state index contributed by atoms with van der Waals surface area (Å²) in [5, 5.41) is 14.4. The highest BCUT2D eigenvalue weighted by atomic mass is 32.2. The minimum Gasteiger partial charge on any atom is -0.371 e. The zero-order valence-electron chi connectivity index (χ0n) is 12.7. The number of hydrogen-bond acceptors (Lipinski definition) is 6. The number of benzene rings is 1. The molecule has 0 spiro atoms. The maximum absolute atomic E-state index is 12.6. The summed E-state index contributed by atoms with van der Waals surface area (Å²) in [7, 11) is 0. The van der Waals surface area contributed by atoms with E-state index in [-0.39, 0.29) is 11.6 Å². The van der Waals surface area contributed by atoms with Crippen molar-refractivity contribution in [1.29, 1.82) is 0 Å². The van der Waals surface area contributed by atoms with Gasteiger partial charge in [0.25, 0.3) is 11.6 Å². The maximum Gasteiger partial charge on any atom is 0.270 e. The smallest absolute Gasteiger partial charge is 0.270 e. The third-order valence-corrected chi connectivity index (χ3v) is 4.83. The number of piperidine rings is 1. The molecule has 1 N–H and O–H groups in total. The number of amides is 1. The summed E-state index contributed by atoms with van der Waals surface area (Å²) in [5.74, 6) is 0.520. The van der Waals surface area contributed by atoms with Crippen LogP contribution >= 0.6 is 11.8 Å². The van der Waals surface area contributed by atoms with E-state index >= 15 is 0 Å².